The molecule has 0 bridgehead atoms. The molecule has 134 valence electrons. The summed E-state index contributed by atoms with van der Waals surface area (Å²) in [5.41, 5.74) is -0.160. The summed E-state index contributed by atoms with van der Waals surface area (Å²) in [7, 11) is 0. The van der Waals surface area contributed by atoms with Gasteiger partial charge in [-0.2, -0.15) is 13.2 Å². The summed E-state index contributed by atoms with van der Waals surface area (Å²) >= 11 is 11.9. The molecule has 0 aliphatic rings. The van der Waals surface area contributed by atoms with Crippen LogP contribution < -0.4 is 10.6 Å². The van der Waals surface area contributed by atoms with Gasteiger partial charge >= 0.3 is 6.18 Å². The Morgan fingerprint density at radius 2 is 1.80 bits per heavy atom. The van der Waals surface area contributed by atoms with Gasteiger partial charge in [0.25, 0.3) is 0 Å². The molecule has 3 nitrogen and oxygen atoms in total. The Kier molecular flexibility index (Phi) is 6.32. The molecule has 0 aliphatic carbocycles. The summed E-state index contributed by atoms with van der Waals surface area (Å²) in [6.45, 7) is 1.71. The van der Waals surface area contributed by atoms with E-state index in [2.05, 4.69) is 10.6 Å². The summed E-state index contributed by atoms with van der Waals surface area (Å²) in [6, 6.07) is 9.71. The predicted molar refractivity (Wildman–Crippen MR) is 93.0 cm³/mol. The maximum atomic E-state index is 12.7. The number of hydrogen-bond donors (Lipinski definition) is 2. The highest BCUT2D eigenvalue weighted by atomic mass is 35.5. The Hall–Kier alpha value is -1.76. The van der Waals surface area contributed by atoms with Crippen molar-refractivity contribution in [3.05, 3.63) is 63.6 Å². The van der Waals surface area contributed by atoms with Gasteiger partial charge in [0.1, 0.15) is 0 Å². The van der Waals surface area contributed by atoms with Crippen molar-refractivity contribution in [1.82, 2.24) is 5.32 Å². The van der Waals surface area contributed by atoms with Gasteiger partial charge in [0.05, 0.1) is 22.8 Å². The lowest BCUT2D eigenvalue weighted by Gasteiger charge is -2.16. The Morgan fingerprint density at radius 1 is 1.12 bits per heavy atom. The van der Waals surface area contributed by atoms with Gasteiger partial charge < -0.3 is 10.6 Å². The zero-order valence-electron chi connectivity index (χ0n) is 13.1. The molecule has 25 heavy (non-hydrogen) atoms. The van der Waals surface area contributed by atoms with Gasteiger partial charge in [-0.15, -0.1) is 0 Å². The molecule has 1 amide bonds. The predicted octanol–water partition coefficient (Wildman–Crippen LogP) is 5.30. The van der Waals surface area contributed by atoms with Gasteiger partial charge in [0.2, 0.25) is 5.91 Å². The van der Waals surface area contributed by atoms with Crippen LogP contribution >= 0.6 is 23.2 Å². The molecule has 0 radical (unpaired) electrons. The molecule has 0 saturated carbocycles. The Balaban J connectivity index is 2.00. The third-order valence-electron chi connectivity index (χ3n) is 3.51. The second-order valence-corrected chi connectivity index (χ2v) is 6.18. The largest absolute Gasteiger partial charge is 0.416 e. The standard InChI is InChI=1S/C17H15Cl2F3N2O/c1-10(12-4-2-3-5-13(12)18)23-9-16(25)24-15-8-11(17(20,21)22)6-7-14(15)19/h2-8,10,23H,9H2,1H3,(H,24,25). The molecular weight excluding hydrogens is 376 g/mol. The number of rotatable bonds is 5. The number of benzene rings is 2. The van der Waals surface area contributed by atoms with Crippen molar-refractivity contribution in [1.29, 1.82) is 0 Å². The van der Waals surface area contributed by atoms with Crippen molar-refractivity contribution < 1.29 is 18.0 Å². The summed E-state index contributed by atoms with van der Waals surface area (Å²) in [5, 5.41) is 5.93. The maximum Gasteiger partial charge on any atom is 0.416 e. The summed E-state index contributed by atoms with van der Waals surface area (Å²) in [5.74, 6) is -0.514. The Labute approximate surface area is 153 Å². The second kappa shape index (κ2) is 8.08. The first kappa shape index (κ1) is 19.6. The highest BCUT2D eigenvalue weighted by molar-refractivity contribution is 6.33. The fourth-order valence-corrected chi connectivity index (χ4v) is 2.64. The topological polar surface area (TPSA) is 41.1 Å². The second-order valence-electron chi connectivity index (χ2n) is 5.36. The van der Waals surface area contributed by atoms with Crippen LogP contribution in [0.25, 0.3) is 0 Å². The minimum absolute atomic E-state index is 0.0282. The number of carbonyl (C=O) groups is 1. The monoisotopic (exact) mass is 390 g/mol. The maximum absolute atomic E-state index is 12.7. The quantitative estimate of drug-likeness (QED) is 0.726. The van der Waals surface area contributed by atoms with Crippen molar-refractivity contribution in [3.63, 3.8) is 0 Å². The molecule has 2 N–H and O–H groups in total. The van der Waals surface area contributed by atoms with Crippen LogP contribution in [0, 0.1) is 0 Å². The van der Waals surface area contributed by atoms with Crippen LogP contribution in [-0.2, 0) is 11.0 Å². The molecule has 1 unspecified atom stereocenters. The fraction of sp³-hybridized carbons (Fsp3) is 0.235. The van der Waals surface area contributed by atoms with Crippen LogP contribution in [0.4, 0.5) is 18.9 Å². The molecule has 8 heteroatoms. The number of anilines is 1. The number of amides is 1. The SMILES string of the molecule is CC(NCC(=O)Nc1cc(C(F)(F)F)ccc1Cl)c1ccccc1Cl. The molecule has 0 aliphatic heterocycles. The van der Waals surface area contributed by atoms with Crippen LogP contribution in [-0.4, -0.2) is 12.5 Å². The van der Waals surface area contributed by atoms with Crippen molar-refractivity contribution in [2.75, 3.05) is 11.9 Å². The minimum Gasteiger partial charge on any atom is -0.324 e. The highest BCUT2D eigenvalue weighted by Crippen LogP contribution is 2.33. The first-order chi connectivity index (χ1) is 11.7. The van der Waals surface area contributed by atoms with Gasteiger partial charge in [0.15, 0.2) is 0 Å². The van der Waals surface area contributed by atoms with Crippen molar-refractivity contribution in [2.24, 2.45) is 0 Å². The normalized spacial score (nSPS) is 12.7. The molecule has 0 fully saturated rings. The number of carbonyl (C=O) groups excluding carboxylic acids is 1. The van der Waals surface area contributed by atoms with Gasteiger partial charge in [0, 0.05) is 11.1 Å². The first-order valence-electron chi connectivity index (χ1n) is 7.33. The van der Waals surface area contributed by atoms with E-state index in [1.807, 2.05) is 19.1 Å². The third kappa shape index (κ3) is 5.36. The Morgan fingerprint density at radius 3 is 2.44 bits per heavy atom. The van der Waals surface area contributed by atoms with Gasteiger partial charge in [-0.1, -0.05) is 41.4 Å². The molecule has 0 saturated heterocycles. The fourth-order valence-electron chi connectivity index (χ4n) is 2.17. The van der Waals surface area contributed by atoms with Gasteiger partial charge in [-0.3, -0.25) is 4.79 Å². The molecule has 0 heterocycles. The van der Waals surface area contributed by atoms with Crippen molar-refractivity contribution in [2.45, 2.75) is 19.1 Å². The van der Waals surface area contributed by atoms with Crippen LogP contribution in [0.5, 0.6) is 0 Å². The summed E-state index contributed by atoms with van der Waals surface area (Å²) < 4.78 is 38.2. The molecule has 1 atom stereocenters. The van der Waals surface area contributed by atoms with Gasteiger partial charge in [-0.25, -0.2) is 0 Å². The van der Waals surface area contributed by atoms with E-state index in [-0.39, 0.29) is 23.3 Å². The first-order valence-corrected chi connectivity index (χ1v) is 8.08. The van der Waals surface area contributed by atoms with Crippen LogP contribution in [0.15, 0.2) is 42.5 Å². The summed E-state index contributed by atoms with van der Waals surface area (Å²) in [6.07, 6.45) is -4.51. The van der Waals surface area contributed by atoms with E-state index in [1.54, 1.807) is 12.1 Å². The lowest BCUT2D eigenvalue weighted by Crippen LogP contribution is -2.30. The zero-order chi connectivity index (χ0) is 18.6. The number of alkyl halides is 3. The molecular formula is C17H15Cl2F3N2O. The van der Waals surface area contributed by atoms with E-state index in [0.717, 1.165) is 23.8 Å². The van der Waals surface area contributed by atoms with Crippen molar-refractivity contribution in [3.8, 4) is 0 Å². The van der Waals surface area contributed by atoms with Crippen LogP contribution in [0.3, 0.4) is 0 Å². The number of halogens is 5. The Bertz CT molecular complexity index is 766. The van der Waals surface area contributed by atoms with E-state index >= 15 is 0 Å². The molecule has 0 spiro atoms. The summed E-state index contributed by atoms with van der Waals surface area (Å²) in [4.78, 5) is 12.0. The zero-order valence-corrected chi connectivity index (χ0v) is 14.6. The highest BCUT2D eigenvalue weighted by Gasteiger charge is 2.31. The lowest BCUT2D eigenvalue weighted by atomic mass is 10.1. The average Bonchev–Trinajstić information content (AvgIpc) is 2.54. The molecule has 2 aromatic rings. The number of hydrogen-bond acceptors (Lipinski definition) is 2. The third-order valence-corrected chi connectivity index (χ3v) is 4.18. The molecule has 0 aromatic heterocycles. The molecule has 2 aromatic carbocycles. The molecule has 2 rings (SSSR count). The lowest BCUT2D eigenvalue weighted by molar-refractivity contribution is -0.137. The van der Waals surface area contributed by atoms with Gasteiger partial charge in [-0.05, 0) is 36.8 Å². The minimum atomic E-state index is -4.51. The van der Waals surface area contributed by atoms with E-state index < -0.39 is 17.6 Å². The van der Waals surface area contributed by atoms with E-state index in [0.29, 0.717) is 5.02 Å². The number of nitrogens with one attached hydrogen (secondary N) is 2. The van der Waals surface area contributed by atoms with E-state index in [4.69, 9.17) is 23.2 Å². The van der Waals surface area contributed by atoms with Crippen LogP contribution in [0.2, 0.25) is 10.0 Å². The van der Waals surface area contributed by atoms with E-state index in [9.17, 15) is 18.0 Å². The smallest absolute Gasteiger partial charge is 0.324 e. The van der Waals surface area contributed by atoms with Crippen molar-refractivity contribution >= 4 is 34.8 Å². The average molecular weight is 391 g/mol. The van der Waals surface area contributed by atoms with E-state index in [1.165, 1.54) is 0 Å². The van der Waals surface area contributed by atoms with Crippen LogP contribution in [0.1, 0.15) is 24.1 Å².